The quantitative estimate of drug-likeness (QED) is 0.729. The maximum absolute atomic E-state index is 14.0. The second-order valence-electron chi connectivity index (χ2n) is 9.46. The van der Waals surface area contributed by atoms with Crippen LogP contribution in [0.3, 0.4) is 0 Å². The average molecular weight is 479 g/mol. The number of urea groups is 1. The number of hydrogen-bond acceptors (Lipinski definition) is 5. The Morgan fingerprint density at radius 2 is 1.67 bits per heavy atom. The highest BCUT2D eigenvalue weighted by Crippen LogP contribution is 2.46. The van der Waals surface area contributed by atoms with Crippen LogP contribution >= 0.6 is 0 Å². The van der Waals surface area contributed by atoms with Gasteiger partial charge in [-0.15, -0.1) is 0 Å². The predicted molar refractivity (Wildman–Crippen MR) is 121 cm³/mol. The zero-order chi connectivity index (χ0) is 24.2. The van der Waals surface area contributed by atoms with Crippen LogP contribution in [0.25, 0.3) is 0 Å². The summed E-state index contributed by atoms with van der Waals surface area (Å²) in [4.78, 5) is 20.8. The van der Waals surface area contributed by atoms with Gasteiger partial charge in [0.15, 0.2) is 9.84 Å². The molecule has 1 N–H and O–H groups in total. The number of amides is 2. The minimum absolute atomic E-state index is 0.105. The second kappa shape index (κ2) is 8.02. The highest BCUT2D eigenvalue weighted by atomic mass is 32.2. The number of sulfone groups is 1. The molecule has 2 aliphatic rings. The van der Waals surface area contributed by atoms with Crippen molar-refractivity contribution in [2.45, 2.75) is 48.6 Å². The van der Waals surface area contributed by atoms with E-state index in [1.165, 1.54) is 24.4 Å². The number of aryl methyl sites for hydroxylation is 1. The van der Waals surface area contributed by atoms with Crippen molar-refractivity contribution in [1.82, 2.24) is 15.2 Å². The van der Waals surface area contributed by atoms with Crippen LogP contribution in [0, 0.1) is 18.6 Å². The molecule has 10 heteroatoms. The van der Waals surface area contributed by atoms with Gasteiger partial charge in [-0.1, -0.05) is 0 Å². The number of carbonyl (C=O) groups is 1. The lowest BCUT2D eigenvalue weighted by molar-refractivity contribution is 0.0652. The smallest absolute Gasteiger partial charge is 0.323 e. The summed E-state index contributed by atoms with van der Waals surface area (Å²) in [5.41, 5.74) is 0.151. The van der Waals surface area contributed by atoms with E-state index in [2.05, 4.69) is 10.3 Å². The summed E-state index contributed by atoms with van der Waals surface area (Å²) in [6.07, 6.45) is 4.83. The van der Waals surface area contributed by atoms with E-state index in [0.29, 0.717) is 49.2 Å². The van der Waals surface area contributed by atoms with E-state index in [1.807, 2.05) is 19.0 Å². The van der Waals surface area contributed by atoms with Gasteiger partial charge >= 0.3 is 6.03 Å². The molecule has 2 heterocycles. The lowest BCUT2D eigenvalue weighted by Gasteiger charge is -2.48. The summed E-state index contributed by atoms with van der Waals surface area (Å²) in [6, 6.07) is 4.88. The van der Waals surface area contributed by atoms with E-state index in [4.69, 9.17) is 0 Å². The highest BCUT2D eigenvalue weighted by molar-refractivity contribution is 7.90. The summed E-state index contributed by atoms with van der Waals surface area (Å²) in [5, 5.41) is 3.10. The molecule has 33 heavy (non-hydrogen) atoms. The van der Waals surface area contributed by atoms with Gasteiger partial charge in [-0.05, 0) is 76.0 Å². The van der Waals surface area contributed by atoms with Gasteiger partial charge in [0.05, 0.1) is 17.0 Å². The molecule has 0 radical (unpaired) electrons. The number of hydrogen-bond donors (Lipinski definition) is 1. The number of aromatic nitrogens is 1. The van der Waals surface area contributed by atoms with Crippen LogP contribution in [0.4, 0.5) is 19.4 Å². The van der Waals surface area contributed by atoms with Gasteiger partial charge in [0, 0.05) is 24.1 Å². The molecular weight excluding hydrogens is 450 g/mol. The number of nitrogens with one attached hydrogen (secondary N) is 1. The molecule has 1 aromatic carbocycles. The Labute approximate surface area is 192 Å². The van der Waals surface area contributed by atoms with Crippen molar-refractivity contribution in [3.05, 3.63) is 53.2 Å². The van der Waals surface area contributed by atoms with E-state index in [0.717, 1.165) is 12.3 Å². The number of rotatable bonds is 4. The number of halogens is 2. The Bertz CT molecular complexity index is 1190. The molecule has 4 rings (SSSR count). The third kappa shape index (κ3) is 4.21. The third-order valence-electron chi connectivity index (χ3n) is 7.08. The average Bonchev–Trinajstić information content (AvgIpc) is 3.02. The van der Waals surface area contributed by atoms with Crippen molar-refractivity contribution >= 4 is 21.7 Å². The van der Waals surface area contributed by atoms with E-state index in [-0.39, 0.29) is 10.9 Å². The summed E-state index contributed by atoms with van der Waals surface area (Å²) in [7, 11) is 0.400. The van der Waals surface area contributed by atoms with Crippen LogP contribution < -0.4 is 10.2 Å². The summed E-state index contributed by atoms with van der Waals surface area (Å²) in [5.74, 6) is -0.787. The van der Waals surface area contributed by atoms with Crippen molar-refractivity contribution in [2.75, 3.05) is 31.8 Å². The molecule has 1 saturated carbocycles. The summed E-state index contributed by atoms with van der Waals surface area (Å²) >= 11 is 0. The van der Waals surface area contributed by atoms with Gasteiger partial charge in [0.25, 0.3) is 0 Å². The molecular formula is C23H28F2N4O3S. The van der Waals surface area contributed by atoms with Gasteiger partial charge in [-0.3, -0.25) is 9.80 Å². The fourth-order valence-electron chi connectivity index (χ4n) is 5.15. The lowest BCUT2D eigenvalue weighted by atomic mass is 9.69. The van der Waals surface area contributed by atoms with Crippen molar-refractivity contribution in [3.8, 4) is 0 Å². The van der Waals surface area contributed by atoms with Crippen LogP contribution in [-0.2, 0) is 15.4 Å². The SMILES string of the molecule is Cc1cc(S(C)(=O)=O)cnc1N1CC2(CCC(c3cc(F)cc(F)c3)(N(C)C)CC2)NC1=O. The van der Waals surface area contributed by atoms with Gasteiger partial charge < -0.3 is 5.32 Å². The largest absolute Gasteiger partial charge is 0.330 e. The minimum atomic E-state index is -3.40. The summed E-state index contributed by atoms with van der Waals surface area (Å²) < 4.78 is 51.6. The van der Waals surface area contributed by atoms with Crippen LogP contribution in [0.5, 0.6) is 0 Å². The zero-order valence-electron chi connectivity index (χ0n) is 19.2. The normalized spacial score (nSPS) is 25.7. The number of nitrogens with zero attached hydrogens (tertiary/aromatic N) is 3. The van der Waals surface area contributed by atoms with Crippen molar-refractivity contribution in [2.24, 2.45) is 0 Å². The van der Waals surface area contributed by atoms with Crippen LogP contribution in [0.1, 0.15) is 36.8 Å². The Morgan fingerprint density at radius 1 is 1.06 bits per heavy atom. The molecule has 1 spiro atoms. The van der Waals surface area contributed by atoms with Gasteiger partial charge in [0.1, 0.15) is 17.5 Å². The number of anilines is 1. The van der Waals surface area contributed by atoms with E-state index in [1.54, 1.807) is 11.8 Å². The highest BCUT2D eigenvalue weighted by Gasteiger charge is 2.51. The Kier molecular flexibility index (Phi) is 5.73. The first-order chi connectivity index (χ1) is 15.4. The first kappa shape index (κ1) is 23.6. The number of carbonyl (C=O) groups excluding carboxylic acids is 1. The Balaban J connectivity index is 1.58. The molecule has 0 unspecified atom stereocenters. The van der Waals surface area contributed by atoms with Gasteiger partial charge in [-0.25, -0.2) is 27.0 Å². The number of pyridine rings is 1. The molecule has 1 saturated heterocycles. The molecule has 1 aliphatic heterocycles. The minimum Gasteiger partial charge on any atom is -0.330 e. The lowest BCUT2D eigenvalue weighted by Crippen LogP contribution is -2.54. The number of benzene rings is 1. The zero-order valence-corrected chi connectivity index (χ0v) is 20.0. The monoisotopic (exact) mass is 478 g/mol. The first-order valence-electron chi connectivity index (χ1n) is 10.8. The van der Waals surface area contributed by atoms with Crippen molar-refractivity contribution in [1.29, 1.82) is 0 Å². The van der Waals surface area contributed by atoms with Gasteiger partial charge in [-0.2, -0.15) is 0 Å². The van der Waals surface area contributed by atoms with Crippen LogP contribution in [-0.4, -0.2) is 56.8 Å². The molecule has 2 amide bonds. The molecule has 2 aromatic rings. The molecule has 1 aromatic heterocycles. The maximum Gasteiger partial charge on any atom is 0.323 e. The van der Waals surface area contributed by atoms with Gasteiger partial charge in [0.2, 0.25) is 0 Å². The first-order valence-corrected chi connectivity index (χ1v) is 12.6. The summed E-state index contributed by atoms with van der Waals surface area (Å²) in [6.45, 7) is 2.12. The molecule has 2 fully saturated rings. The standard InChI is InChI=1S/C23H28F2N4O3S/c1-15-9-19(33(4,31)32)13-26-20(15)29-14-22(27-21(29)30)5-7-23(8-6-22,28(2)3)16-10-17(24)12-18(25)11-16/h9-13H,5-8,14H2,1-4H3,(H,27,30). The third-order valence-corrected chi connectivity index (χ3v) is 8.16. The molecule has 178 valence electrons. The maximum atomic E-state index is 14.0. The molecule has 0 bridgehead atoms. The van der Waals surface area contributed by atoms with E-state index < -0.39 is 32.5 Å². The Morgan fingerprint density at radius 3 is 2.18 bits per heavy atom. The fourth-order valence-corrected chi connectivity index (χ4v) is 5.78. The second-order valence-corrected chi connectivity index (χ2v) is 11.5. The van der Waals surface area contributed by atoms with Crippen molar-refractivity contribution < 1.29 is 22.0 Å². The van der Waals surface area contributed by atoms with Crippen molar-refractivity contribution in [3.63, 3.8) is 0 Å². The van der Waals surface area contributed by atoms with E-state index >= 15 is 0 Å². The van der Waals surface area contributed by atoms with Crippen LogP contribution in [0.2, 0.25) is 0 Å². The predicted octanol–water partition coefficient (Wildman–Crippen LogP) is 3.37. The molecule has 1 aliphatic carbocycles. The molecule has 7 nitrogen and oxygen atoms in total. The topological polar surface area (TPSA) is 82.6 Å². The van der Waals surface area contributed by atoms with Crippen LogP contribution in [0.15, 0.2) is 35.4 Å². The molecule has 0 atom stereocenters. The Hall–Kier alpha value is -2.59. The van der Waals surface area contributed by atoms with E-state index in [9.17, 15) is 22.0 Å². The fraction of sp³-hybridized carbons (Fsp3) is 0.478.